The van der Waals surface area contributed by atoms with Gasteiger partial charge < -0.3 is 10.8 Å². The molecule has 5 nitrogen and oxygen atoms in total. The van der Waals surface area contributed by atoms with E-state index < -0.39 is 18.1 Å². The van der Waals surface area contributed by atoms with Gasteiger partial charge in [0.25, 0.3) is 6.43 Å². The Kier molecular flexibility index (Phi) is 3.46. The van der Waals surface area contributed by atoms with E-state index in [-0.39, 0.29) is 17.8 Å². The summed E-state index contributed by atoms with van der Waals surface area (Å²) in [6.45, 7) is 0.247. The predicted molar refractivity (Wildman–Crippen MR) is 64.1 cm³/mol. The van der Waals surface area contributed by atoms with Crippen LogP contribution in [0.5, 0.6) is 0 Å². The first-order chi connectivity index (χ1) is 8.97. The Morgan fingerprint density at radius 2 is 2.00 bits per heavy atom. The van der Waals surface area contributed by atoms with Crippen LogP contribution in [0.15, 0.2) is 30.5 Å². The molecule has 0 fully saturated rings. The number of carboxylic acids is 1. The topological polar surface area (TPSA) is 81.1 Å². The minimum Gasteiger partial charge on any atom is -0.478 e. The van der Waals surface area contributed by atoms with E-state index in [4.69, 9.17) is 10.8 Å². The average Bonchev–Trinajstić information content (AvgIpc) is 2.71. The van der Waals surface area contributed by atoms with Crippen molar-refractivity contribution in [1.82, 2.24) is 9.78 Å². The molecule has 0 atom stereocenters. The van der Waals surface area contributed by atoms with Crippen LogP contribution in [0.2, 0.25) is 0 Å². The summed E-state index contributed by atoms with van der Waals surface area (Å²) >= 11 is 0. The fourth-order valence-electron chi connectivity index (χ4n) is 1.64. The number of aromatic nitrogens is 2. The number of halogens is 2. The van der Waals surface area contributed by atoms with Crippen LogP contribution >= 0.6 is 0 Å². The van der Waals surface area contributed by atoms with Gasteiger partial charge in [-0.1, -0.05) is 12.1 Å². The number of nitrogens with two attached hydrogens (primary N) is 1. The Bertz CT molecular complexity index is 594. The molecule has 0 aliphatic rings. The first-order valence-electron chi connectivity index (χ1n) is 5.40. The van der Waals surface area contributed by atoms with E-state index in [1.54, 1.807) is 12.1 Å². The van der Waals surface area contributed by atoms with Gasteiger partial charge in [0.1, 0.15) is 0 Å². The van der Waals surface area contributed by atoms with Gasteiger partial charge in [-0.2, -0.15) is 5.10 Å². The van der Waals surface area contributed by atoms with Gasteiger partial charge in [-0.05, 0) is 17.7 Å². The monoisotopic (exact) mass is 267 g/mol. The zero-order valence-corrected chi connectivity index (χ0v) is 9.75. The van der Waals surface area contributed by atoms with Crippen molar-refractivity contribution >= 4 is 11.7 Å². The molecule has 0 amide bonds. The molecule has 2 rings (SSSR count). The number of carboxylic acid groups (broad SMARTS) is 1. The van der Waals surface area contributed by atoms with Gasteiger partial charge in [0, 0.05) is 6.20 Å². The maximum absolute atomic E-state index is 12.5. The van der Waals surface area contributed by atoms with Crippen LogP contribution in [0.3, 0.4) is 0 Å². The number of hydrogen-bond donors (Lipinski definition) is 2. The number of benzene rings is 1. The molecule has 19 heavy (non-hydrogen) atoms. The Morgan fingerprint density at radius 3 is 2.47 bits per heavy atom. The number of nitrogens with zero attached hydrogens (tertiary/aromatic N) is 2. The van der Waals surface area contributed by atoms with Crippen molar-refractivity contribution < 1.29 is 18.7 Å². The van der Waals surface area contributed by atoms with Gasteiger partial charge >= 0.3 is 5.97 Å². The first-order valence-corrected chi connectivity index (χ1v) is 5.40. The van der Waals surface area contributed by atoms with Crippen molar-refractivity contribution in [3.63, 3.8) is 0 Å². The molecule has 0 saturated heterocycles. The zero-order valence-electron chi connectivity index (χ0n) is 9.75. The SMILES string of the molecule is Nc1cn(Cc2ccc(C(=O)O)cc2)nc1C(F)F. The van der Waals surface area contributed by atoms with E-state index in [1.165, 1.54) is 23.0 Å². The minimum absolute atomic E-state index is 0.0582. The summed E-state index contributed by atoms with van der Waals surface area (Å²) < 4.78 is 26.3. The third-order valence-corrected chi connectivity index (χ3v) is 2.57. The Labute approximate surface area is 107 Å². The Morgan fingerprint density at radius 1 is 1.37 bits per heavy atom. The lowest BCUT2D eigenvalue weighted by atomic mass is 10.1. The Hall–Kier alpha value is -2.44. The minimum atomic E-state index is -2.71. The average molecular weight is 267 g/mol. The molecule has 0 aliphatic heterocycles. The summed E-state index contributed by atoms with van der Waals surface area (Å²) in [5, 5.41) is 12.4. The van der Waals surface area contributed by atoms with Gasteiger partial charge in [-0.15, -0.1) is 0 Å². The third kappa shape index (κ3) is 2.87. The molecule has 2 aromatic rings. The molecule has 0 spiro atoms. The second-order valence-electron chi connectivity index (χ2n) is 3.97. The normalized spacial score (nSPS) is 10.9. The van der Waals surface area contributed by atoms with E-state index in [0.29, 0.717) is 0 Å². The Balaban J connectivity index is 2.17. The molecule has 0 saturated carbocycles. The van der Waals surface area contributed by atoms with Gasteiger partial charge in [-0.3, -0.25) is 4.68 Å². The number of alkyl halides is 2. The fraction of sp³-hybridized carbons (Fsp3) is 0.167. The highest BCUT2D eigenvalue weighted by Crippen LogP contribution is 2.23. The summed E-state index contributed by atoms with van der Waals surface area (Å²) in [7, 11) is 0. The van der Waals surface area contributed by atoms with Crippen molar-refractivity contribution in [1.29, 1.82) is 0 Å². The van der Waals surface area contributed by atoms with Gasteiger partial charge in [0.15, 0.2) is 5.69 Å². The number of rotatable bonds is 4. The second-order valence-corrected chi connectivity index (χ2v) is 3.97. The quantitative estimate of drug-likeness (QED) is 0.889. The lowest BCUT2D eigenvalue weighted by Crippen LogP contribution is -2.02. The third-order valence-electron chi connectivity index (χ3n) is 2.57. The van der Waals surface area contributed by atoms with Crippen LogP contribution in [0.1, 0.15) is 28.0 Å². The number of carbonyl (C=O) groups is 1. The van der Waals surface area contributed by atoms with Crippen LogP contribution in [0.25, 0.3) is 0 Å². The molecule has 0 unspecified atom stereocenters. The summed E-state index contributed by atoms with van der Waals surface area (Å²) in [5.74, 6) is -1.02. The van der Waals surface area contributed by atoms with Crippen LogP contribution in [-0.4, -0.2) is 20.9 Å². The molecular formula is C12H11F2N3O2. The van der Waals surface area contributed by atoms with Gasteiger partial charge in [0.2, 0.25) is 0 Å². The summed E-state index contributed by atoms with van der Waals surface area (Å²) in [4.78, 5) is 10.7. The molecule has 0 aliphatic carbocycles. The first kappa shape index (κ1) is 13.0. The summed E-state index contributed by atoms with van der Waals surface area (Å²) in [5.41, 5.74) is 5.83. The van der Waals surface area contributed by atoms with E-state index in [1.807, 2.05) is 0 Å². The lowest BCUT2D eigenvalue weighted by Gasteiger charge is -2.02. The standard InChI is InChI=1S/C12H11F2N3O2/c13-11(14)10-9(15)6-17(16-10)5-7-1-3-8(4-2-7)12(18)19/h1-4,6,11H,5,15H2,(H,18,19). The number of nitrogen functional groups attached to an aromatic ring is 1. The number of hydrogen-bond acceptors (Lipinski definition) is 3. The van der Waals surface area contributed by atoms with Crippen LogP contribution < -0.4 is 5.73 Å². The van der Waals surface area contributed by atoms with Crippen molar-refractivity contribution in [3.8, 4) is 0 Å². The highest BCUT2D eigenvalue weighted by atomic mass is 19.3. The van der Waals surface area contributed by atoms with E-state index in [0.717, 1.165) is 5.56 Å². The van der Waals surface area contributed by atoms with E-state index in [9.17, 15) is 13.6 Å². The molecule has 1 heterocycles. The van der Waals surface area contributed by atoms with Crippen molar-refractivity contribution in [2.45, 2.75) is 13.0 Å². The van der Waals surface area contributed by atoms with E-state index in [2.05, 4.69) is 5.10 Å². The maximum atomic E-state index is 12.5. The molecule has 1 aromatic heterocycles. The molecule has 0 bridgehead atoms. The molecule has 0 radical (unpaired) electrons. The molecule has 3 N–H and O–H groups in total. The fourth-order valence-corrected chi connectivity index (χ4v) is 1.64. The largest absolute Gasteiger partial charge is 0.478 e. The molecule has 100 valence electrons. The van der Waals surface area contributed by atoms with Gasteiger partial charge in [0.05, 0.1) is 17.8 Å². The molecular weight excluding hydrogens is 256 g/mol. The maximum Gasteiger partial charge on any atom is 0.335 e. The van der Waals surface area contributed by atoms with Crippen LogP contribution in [0, 0.1) is 0 Å². The van der Waals surface area contributed by atoms with Crippen molar-refractivity contribution in [2.75, 3.05) is 5.73 Å². The second kappa shape index (κ2) is 5.05. The van der Waals surface area contributed by atoms with Crippen molar-refractivity contribution in [2.24, 2.45) is 0 Å². The molecule has 1 aromatic carbocycles. The highest BCUT2D eigenvalue weighted by Gasteiger charge is 2.16. The molecule has 7 heteroatoms. The summed E-state index contributed by atoms with van der Waals surface area (Å²) in [6.07, 6.45) is -1.39. The summed E-state index contributed by atoms with van der Waals surface area (Å²) in [6, 6.07) is 6.09. The smallest absolute Gasteiger partial charge is 0.335 e. The van der Waals surface area contributed by atoms with E-state index >= 15 is 0 Å². The predicted octanol–water partition coefficient (Wildman–Crippen LogP) is 2.15. The van der Waals surface area contributed by atoms with Crippen LogP contribution in [0.4, 0.5) is 14.5 Å². The van der Waals surface area contributed by atoms with Gasteiger partial charge in [-0.25, -0.2) is 13.6 Å². The van der Waals surface area contributed by atoms with Crippen molar-refractivity contribution in [3.05, 3.63) is 47.3 Å². The number of anilines is 1. The zero-order chi connectivity index (χ0) is 14.0. The lowest BCUT2D eigenvalue weighted by molar-refractivity contribution is 0.0697. The van der Waals surface area contributed by atoms with Crippen LogP contribution in [-0.2, 0) is 6.54 Å². The number of aromatic carboxylic acids is 1. The highest BCUT2D eigenvalue weighted by molar-refractivity contribution is 5.87.